The fourth-order valence-corrected chi connectivity index (χ4v) is 2.10. The van der Waals surface area contributed by atoms with E-state index in [9.17, 15) is 9.18 Å². The van der Waals surface area contributed by atoms with Crippen LogP contribution in [-0.2, 0) is 17.8 Å². The Hall–Kier alpha value is -2.24. The highest BCUT2D eigenvalue weighted by Crippen LogP contribution is 2.12. The number of carboxylic acids is 1. The number of aliphatic carboxylic acids is 1. The minimum absolute atomic E-state index is 0.177. The van der Waals surface area contributed by atoms with Gasteiger partial charge >= 0.3 is 5.97 Å². The lowest BCUT2D eigenvalue weighted by Gasteiger charge is -2.05. The topological polar surface area (TPSA) is 68.0 Å². The molecule has 0 fully saturated rings. The molecule has 0 saturated carbocycles. The number of hydrogen-bond donors (Lipinski definition) is 1. The molecule has 112 valence electrons. The summed E-state index contributed by atoms with van der Waals surface area (Å²) in [5.74, 6) is -1.04. The summed E-state index contributed by atoms with van der Waals surface area (Å²) < 4.78 is 14.9. The molecule has 1 aromatic heterocycles. The van der Waals surface area contributed by atoms with E-state index in [1.165, 1.54) is 12.1 Å². The third-order valence-electron chi connectivity index (χ3n) is 3.30. The number of aryl methyl sites for hydroxylation is 2. The van der Waals surface area contributed by atoms with E-state index in [1.807, 2.05) is 13.1 Å². The van der Waals surface area contributed by atoms with E-state index in [-0.39, 0.29) is 12.2 Å². The van der Waals surface area contributed by atoms with Gasteiger partial charge in [0.25, 0.3) is 0 Å². The van der Waals surface area contributed by atoms with Crippen molar-refractivity contribution in [2.45, 2.75) is 39.2 Å². The summed E-state index contributed by atoms with van der Waals surface area (Å²) in [7, 11) is 0. The number of unbranched alkanes of at least 4 members (excludes halogenated alkanes) is 1. The van der Waals surface area contributed by atoms with E-state index in [4.69, 9.17) is 5.11 Å². The molecule has 0 spiro atoms. The van der Waals surface area contributed by atoms with Gasteiger partial charge in [0.1, 0.15) is 5.82 Å². The first-order chi connectivity index (χ1) is 10.0. The Labute approximate surface area is 122 Å². The van der Waals surface area contributed by atoms with Gasteiger partial charge in [-0.15, -0.1) is 5.10 Å². The normalized spacial score (nSPS) is 10.8. The summed E-state index contributed by atoms with van der Waals surface area (Å²) in [6, 6.07) is 4.69. The first-order valence-electron chi connectivity index (χ1n) is 6.90. The second kappa shape index (κ2) is 6.97. The predicted molar refractivity (Wildman–Crippen MR) is 75.5 cm³/mol. The summed E-state index contributed by atoms with van der Waals surface area (Å²) in [5.41, 5.74) is 2.71. The number of carbonyl (C=O) groups is 1. The maximum Gasteiger partial charge on any atom is 0.303 e. The number of carboxylic acid groups (broad SMARTS) is 1. The van der Waals surface area contributed by atoms with Gasteiger partial charge in [0.2, 0.25) is 0 Å². The Morgan fingerprint density at radius 1 is 1.38 bits per heavy atom. The third-order valence-corrected chi connectivity index (χ3v) is 3.30. The zero-order valence-corrected chi connectivity index (χ0v) is 11.9. The molecule has 2 aromatic rings. The molecular weight excluding hydrogens is 273 g/mol. The van der Waals surface area contributed by atoms with Crippen LogP contribution in [0.3, 0.4) is 0 Å². The molecular formula is C15H18FN3O2. The SMILES string of the molecule is Cc1ccc(F)cc1Cn1cc(CCCCC(=O)O)nn1. The van der Waals surface area contributed by atoms with E-state index in [2.05, 4.69) is 10.3 Å². The highest BCUT2D eigenvalue weighted by atomic mass is 19.1. The number of halogens is 1. The van der Waals surface area contributed by atoms with Gasteiger partial charge in [-0.3, -0.25) is 4.79 Å². The van der Waals surface area contributed by atoms with Crippen molar-refractivity contribution in [3.8, 4) is 0 Å². The van der Waals surface area contributed by atoms with Crippen molar-refractivity contribution in [2.24, 2.45) is 0 Å². The van der Waals surface area contributed by atoms with Gasteiger partial charge in [0, 0.05) is 12.6 Å². The van der Waals surface area contributed by atoms with Crippen molar-refractivity contribution in [1.29, 1.82) is 0 Å². The monoisotopic (exact) mass is 291 g/mol. The van der Waals surface area contributed by atoms with Gasteiger partial charge in [-0.05, 0) is 49.4 Å². The van der Waals surface area contributed by atoms with E-state index < -0.39 is 5.97 Å². The van der Waals surface area contributed by atoms with E-state index in [0.717, 1.165) is 23.2 Å². The fraction of sp³-hybridized carbons (Fsp3) is 0.400. The zero-order chi connectivity index (χ0) is 15.2. The number of benzene rings is 1. The van der Waals surface area contributed by atoms with Gasteiger partial charge in [0.05, 0.1) is 12.2 Å². The highest BCUT2D eigenvalue weighted by Gasteiger charge is 2.05. The van der Waals surface area contributed by atoms with Crippen molar-refractivity contribution >= 4 is 5.97 Å². The average Bonchev–Trinajstić information content (AvgIpc) is 2.86. The summed E-state index contributed by atoms with van der Waals surface area (Å²) in [5, 5.41) is 16.6. The number of rotatable bonds is 7. The van der Waals surface area contributed by atoms with Crippen LogP contribution >= 0.6 is 0 Å². The van der Waals surface area contributed by atoms with E-state index in [1.54, 1.807) is 10.7 Å². The minimum Gasteiger partial charge on any atom is -0.481 e. The van der Waals surface area contributed by atoms with Crippen LogP contribution in [0.15, 0.2) is 24.4 Å². The molecule has 6 heteroatoms. The maximum atomic E-state index is 13.2. The van der Waals surface area contributed by atoms with Gasteiger partial charge in [-0.25, -0.2) is 9.07 Å². The van der Waals surface area contributed by atoms with Crippen LogP contribution in [0.4, 0.5) is 4.39 Å². The fourth-order valence-electron chi connectivity index (χ4n) is 2.10. The molecule has 21 heavy (non-hydrogen) atoms. The summed E-state index contributed by atoms with van der Waals surface area (Å²) >= 11 is 0. The van der Waals surface area contributed by atoms with E-state index >= 15 is 0 Å². The number of hydrogen-bond acceptors (Lipinski definition) is 3. The van der Waals surface area contributed by atoms with Crippen LogP contribution in [0.2, 0.25) is 0 Å². The first kappa shape index (κ1) is 15.2. The third kappa shape index (κ3) is 4.66. The number of nitrogens with zero attached hydrogens (tertiary/aromatic N) is 3. The number of aromatic nitrogens is 3. The highest BCUT2D eigenvalue weighted by molar-refractivity contribution is 5.66. The van der Waals surface area contributed by atoms with Gasteiger partial charge in [-0.2, -0.15) is 0 Å². The molecule has 2 rings (SSSR count). The van der Waals surface area contributed by atoms with Crippen LogP contribution < -0.4 is 0 Å². The zero-order valence-electron chi connectivity index (χ0n) is 11.9. The lowest BCUT2D eigenvalue weighted by molar-refractivity contribution is -0.137. The van der Waals surface area contributed by atoms with Gasteiger partial charge < -0.3 is 5.11 Å². The standard InChI is InChI=1S/C15H18FN3O2/c1-11-6-7-13(16)8-12(11)9-19-10-14(17-18-19)4-2-3-5-15(20)21/h6-8,10H,2-5,9H2,1H3,(H,20,21). The van der Waals surface area contributed by atoms with Crippen molar-refractivity contribution in [3.63, 3.8) is 0 Å². The lowest BCUT2D eigenvalue weighted by atomic mass is 10.1. The van der Waals surface area contributed by atoms with Gasteiger partial charge in [0.15, 0.2) is 0 Å². The largest absolute Gasteiger partial charge is 0.481 e. The molecule has 1 aromatic carbocycles. The van der Waals surface area contributed by atoms with Crippen molar-refractivity contribution in [1.82, 2.24) is 15.0 Å². The Morgan fingerprint density at radius 3 is 2.95 bits per heavy atom. The molecule has 5 nitrogen and oxygen atoms in total. The summed E-state index contributed by atoms with van der Waals surface area (Å²) in [6.45, 7) is 2.41. The predicted octanol–water partition coefficient (Wildman–Crippen LogP) is 2.57. The maximum absolute atomic E-state index is 13.2. The molecule has 0 aliphatic rings. The molecule has 0 radical (unpaired) electrons. The smallest absolute Gasteiger partial charge is 0.303 e. The molecule has 0 atom stereocenters. The Morgan fingerprint density at radius 2 is 2.19 bits per heavy atom. The molecule has 0 bridgehead atoms. The average molecular weight is 291 g/mol. The quantitative estimate of drug-likeness (QED) is 0.796. The Balaban J connectivity index is 1.91. The van der Waals surface area contributed by atoms with Crippen LogP contribution in [0.5, 0.6) is 0 Å². The van der Waals surface area contributed by atoms with Gasteiger partial charge in [-0.1, -0.05) is 11.3 Å². The van der Waals surface area contributed by atoms with Crippen LogP contribution in [0.1, 0.15) is 36.1 Å². The van der Waals surface area contributed by atoms with Crippen LogP contribution in [0, 0.1) is 12.7 Å². The Bertz CT molecular complexity index is 625. The molecule has 0 aliphatic carbocycles. The van der Waals surface area contributed by atoms with Crippen LogP contribution in [0.25, 0.3) is 0 Å². The Kier molecular flexibility index (Phi) is 5.03. The molecule has 0 amide bonds. The van der Waals surface area contributed by atoms with E-state index in [0.29, 0.717) is 19.4 Å². The summed E-state index contributed by atoms with van der Waals surface area (Å²) in [4.78, 5) is 10.4. The van der Waals surface area contributed by atoms with Crippen molar-refractivity contribution in [2.75, 3.05) is 0 Å². The van der Waals surface area contributed by atoms with Crippen molar-refractivity contribution < 1.29 is 14.3 Å². The minimum atomic E-state index is -0.778. The first-order valence-corrected chi connectivity index (χ1v) is 6.90. The van der Waals surface area contributed by atoms with Crippen molar-refractivity contribution in [3.05, 3.63) is 47.0 Å². The molecule has 1 heterocycles. The molecule has 0 aliphatic heterocycles. The molecule has 0 saturated heterocycles. The molecule has 1 N–H and O–H groups in total. The summed E-state index contributed by atoms with van der Waals surface area (Å²) in [6.07, 6.45) is 4.10. The second-order valence-corrected chi connectivity index (χ2v) is 5.08. The van der Waals surface area contributed by atoms with Crippen LogP contribution in [-0.4, -0.2) is 26.1 Å². The molecule has 0 unspecified atom stereocenters. The second-order valence-electron chi connectivity index (χ2n) is 5.08. The lowest BCUT2D eigenvalue weighted by Crippen LogP contribution is -2.02.